The molecule has 4 rings (SSSR count). The number of thiophene rings is 1. The smallest absolute Gasteiger partial charge is 0.244 e. The highest BCUT2D eigenvalue weighted by Crippen LogP contribution is 2.35. The summed E-state index contributed by atoms with van der Waals surface area (Å²) in [7, 11) is -3.76. The molecule has 0 aliphatic carbocycles. The predicted octanol–water partition coefficient (Wildman–Crippen LogP) is 4.58. The van der Waals surface area contributed by atoms with E-state index in [-0.39, 0.29) is 23.3 Å². The van der Waals surface area contributed by atoms with Crippen LogP contribution >= 0.6 is 11.3 Å². The monoisotopic (exact) mass is 488 g/mol. The van der Waals surface area contributed by atoms with Crippen molar-refractivity contribution < 1.29 is 17.7 Å². The summed E-state index contributed by atoms with van der Waals surface area (Å²) in [6, 6.07) is 9.17. The molecule has 0 radical (unpaired) electrons. The lowest BCUT2D eigenvalue weighted by Crippen LogP contribution is -2.43. The van der Waals surface area contributed by atoms with Gasteiger partial charge in [0.1, 0.15) is 0 Å². The summed E-state index contributed by atoms with van der Waals surface area (Å²) in [6.07, 6.45) is 1.28. The van der Waals surface area contributed by atoms with Gasteiger partial charge in [-0.1, -0.05) is 36.7 Å². The number of benzene rings is 1. The number of piperidine rings is 1. The van der Waals surface area contributed by atoms with Crippen molar-refractivity contribution in [2.75, 3.05) is 18.4 Å². The van der Waals surface area contributed by atoms with Crippen LogP contribution in [0.4, 0.5) is 5.69 Å². The number of rotatable bonds is 6. The number of carbonyl (C=O) groups excluding carboxylic acids is 1. The van der Waals surface area contributed by atoms with Crippen LogP contribution in [-0.2, 0) is 14.8 Å². The zero-order valence-electron chi connectivity index (χ0n) is 19.2. The van der Waals surface area contributed by atoms with E-state index in [4.69, 9.17) is 4.52 Å². The highest BCUT2D eigenvalue weighted by atomic mass is 32.2. The topological polar surface area (TPSA) is 105 Å². The van der Waals surface area contributed by atoms with Crippen molar-refractivity contribution in [1.29, 1.82) is 0 Å². The van der Waals surface area contributed by atoms with Gasteiger partial charge in [0.25, 0.3) is 0 Å². The lowest BCUT2D eigenvalue weighted by Gasteiger charge is -2.31. The Morgan fingerprint density at radius 2 is 1.97 bits per heavy atom. The minimum Gasteiger partial charge on any atom is -0.339 e. The third-order valence-electron chi connectivity index (χ3n) is 5.72. The van der Waals surface area contributed by atoms with Gasteiger partial charge in [0.05, 0.1) is 15.7 Å². The number of nitrogens with one attached hydrogen (secondary N) is 1. The number of amides is 1. The normalized spacial score (nSPS) is 17.4. The van der Waals surface area contributed by atoms with E-state index in [9.17, 15) is 13.2 Å². The molecule has 10 heteroatoms. The lowest BCUT2D eigenvalue weighted by atomic mass is 9.98. The van der Waals surface area contributed by atoms with E-state index < -0.39 is 15.9 Å². The zero-order chi connectivity index (χ0) is 23.8. The molecule has 1 aromatic carbocycles. The summed E-state index contributed by atoms with van der Waals surface area (Å²) in [5, 5.41) is 6.91. The Morgan fingerprint density at radius 3 is 2.64 bits per heavy atom. The van der Waals surface area contributed by atoms with Gasteiger partial charge in [-0.2, -0.15) is 9.29 Å². The second kappa shape index (κ2) is 9.36. The Balaban J connectivity index is 1.51. The van der Waals surface area contributed by atoms with Crippen molar-refractivity contribution in [2.24, 2.45) is 5.92 Å². The third-order valence-corrected chi connectivity index (χ3v) is 8.89. The molecule has 176 valence electrons. The van der Waals surface area contributed by atoms with Gasteiger partial charge >= 0.3 is 0 Å². The maximum absolute atomic E-state index is 13.5. The van der Waals surface area contributed by atoms with Crippen LogP contribution in [0.3, 0.4) is 0 Å². The van der Waals surface area contributed by atoms with Crippen molar-refractivity contribution in [3.63, 3.8) is 0 Å². The molecule has 1 amide bonds. The van der Waals surface area contributed by atoms with E-state index in [0.29, 0.717) is 46.5 Å². The average molecular weight is 489 g/mol. The third kappa shape index (κ3) is 5.02. The number of hydrogen-bond acceptors (Lipinski definition) is 7. The SMILES string of the molecule is Cc1ccc(NC(=O)[C@H]2CCCN(S(=O)(=O)c3cc(-c4noc(C(C)C)n4)sc3C)C2)cc1. The van der Waals surface area contributed by atoms with Crippen molar-refractivity contribution >= 4 is 33.0 Å². The van der Waals surface area contributed by atoms with E-state index in [1.54, 1.807) is 13.0 Å². The van der Waals surface area contributed by atoms with Gasteiger partial charge < -0.3 is 9.84 Å². The summed E-state index contributed by atoms with van der Waals surface area (Å²) < 4.78 is 33.6. The molecule has 1 aliphatic heterocycles. The number of nitrogens with zero attached hydrogens (tertiary/aromatic N) is 3. The van der Waals surface area contributed by atoms with Crippen LogP contribution in [0.2, 0.25) is 0 Å². The fraction of sp³-hybridized carbons (Fsp3) is 0.435. The fourth-order valence-corrected chi connectivity index (χ4v) is 6.81. The van der Waals surface area contributed by atoms with Gasteiger partial charge in [-0.3, -0.25) is 4.79 Å². The molecular formula is C23H28N4O4S2. The first-order chi connectivity index (χ1) is 15.6. The standard InChI is InChI=1S/C23H28N4O4S2/c1-14(2)23-25-21(26-31-23)19-12-20(16(4)32-19)33(29,30)27-11-5-6-17(13-27)22(28)24-18-9-7-15(3)8-10-18/h7-10,12,14,17H,5-6,11,13H2,1-4H3,(H,24,28)/t17-/m0/s1. The van der Waals surface area contributed by atoms with E-state index in [1.807, 2.05) is 45.0 Å². The maximum atomic E-state index is 13.5. The van der Waals surface area contributed by atoms with Crippen LogP contribution in [0.5, 0.6) is 0 Å². The second-order valence-electron chi connectivity index (χ2n) is 8.70. The first-order valence-electron chi connectivity index (χ1n) is 11.0. The number of sulfonamides is 1. The number of anilines is 1. The lowest BCUT2D eigenvalue weighted by molar-refractivity contribution is -0.120. The summed E-state index contributed by atoms with van der Waals surface area (Å²) in [5.41, 5.74) is 1.82. The first kappa shape index (κ1) is 23.6. The number of aryl methyl sites for hydroxylation is 2. The Kier molecular flexibility index (Phi) is 6.69. The zero-order valence-corrected chi connectivity index (χ0v) is 20.8. The molecular weight excluding hydrogens is 460 g/mol. The summed E-state index contributed by atoms with van der Waals surface area (Å²) in [5.74, 6) is 0.432. The van der Waals surface area contributed by atoms with Gasteiger partial charge in [-0.05, 0) is 44.9 Å². The Bertz CT molecular complexity index is 1250. The molecule has 1 N–H and O–H groups in total. The molecule has 3 heterocycles. The van der Waals surface area contributed by atoms with E-state index in [2.05, 4.69) is 15.5 Å². The number of hydrogen-bond donors (Lipinski definition) is 1. The van der Waals surface area contributed by atoms with Crippen LogP contribution in [0, 0.1) is 19.8 Å². The van der Waals surface area contributed by atoms with E-state index >= 15 is 0 Å². The predicted molar refractivity (Wildman–Crippen MR) is 128 cm³/mol. The number of carbonyl (C=O) groups is 1. The van der Waals surface area contributed by atoms with Gasteiger partial charge in [0, 0.05) is 29.6 Å². The molecule has 1 atom stereocenters. The average Bonchev–Trinajstić information content (AvgIpc) is 3.43. The van der Waals surface area contributed by atoms with Gasteiger partial charge in [0.15, 0.2) is 0 Å². The molecule has 1 aliphatic rings. The largest absolute Gasteiger partial charge is 0.339 e. The van der Waals surface area contributed by atoms with Gasteiger partial charge in [-0.15, -0.1) is 11.3 Å². The van der Waals surface area contributed by atoms with Crippen LogP contribution in [-0.4, -0.2) is 41.9 Å². The highest BCUT2D eigenvalue weighted by molar-refractivity contribution is 7.89. The molecule has 3 aromatic rings. The molecule has 33 heavy (non-hydrogen) atoms. The van der Waals surface area contributed by atoms with Gasteiger partial charge in [0.2, 0.25) is 27.6 Å². The highest BCUT2D eigenvalue weighted by Gasteiger charge is 2.35. The van der Waals surface area contributed by atoms with Crippen molar-refractivity contribution in [3.8, 4) is 10.7 Å². The Hall–Kier alpha value is -2.56. The first-order valence-corrected chi connectivity index (χ1v) is 13.2. The van der Waals surface area contributed by atoms with E-state index in [0.717, 1.165) is 5.56 Å². The van der Waals surface area contributed by atoms with Crippen LogP contribution in [0.1, 0.15) is 48.9 Å². The maximum Gasteiger partial charge on any atom is 0.244 e. The Morgan fingerprint density at radius 1 is 1.24 bits per heavy atom. The van der Waals surface area contributed by atoms with Crippen LogP contribution in [0.25, 0.3) is 10.7 Å². The van der Waals surface area contributed by atoms with Gasteiger partial charge in [-0.25, -0.2) is 8.42 Å². The molecule has 0 saturated carbocycles. The quantitative estimate of drug-likeness (QED) is 0.545. The van der Waals surface area contributed by atoms with Crippen LogP contribution in [0.15, 0.2) is 39.8 Å². The molecule has 0 bridgehead atoms. The van der Waals surface area contributed by atoms with Crippen molar-refractivity contribution in [1.82, 2.24) is 14.4 Å². The summed E-state index contributed by atoms with van der Waals surface area (Å²) in [6.45, 7) is 8.21. The summed E-state index contributed by atoms with van der Waals surface area (Å²) >= 11 is 1.32. The second-order valence-corrected chi connectivity index (χ2v) is 11.9. The van der Waals surface area contributed by atoms with Crippen LogP contribution < -0.4 is 5.32 Å². The molecule has 2 aromatic heterocycles. The number of aromatic nitrogens is 2. The Labute approximate surface area is 198 Å². The van der Waals surface area contributed by atoms with E-state index in [1.165, 1.54) is 15.6 Å². The van der Waals surface area contributed by atoms with Crippen molar-refractivity contribution in [2.45, 2.75) is 51.3 Å². The molecule has 1 saturated heterocycles. The molecule has 1 fully saturated rings. The molecule has 0 unspecified atom stereocenters. The minimum atomic E-state index is -3.76. The minimum absolute atomic E-state index is 0.0897. The van der Waals surface area contributed by atoms with Crippen molar-refractivity contribution in [3.05, 3.63) is 46.7 Å². The summed E-state index contributed by atoms with van der Waals surface area (Å²) in [4.78, 5) is 18.7. The molecule has 0 spiro atoms. The fourth-order valence-electron chi connectivity index (χ4n) is 3.80. The molecule has 8 nitrogen and oxygen atoms in total.